The largest absolute Gasteiger partial charge is 0.497 e. The molecule has 0 spiro atoms. The highest BCUT2D eigenvalue weighted by molar-refractivity contribution is 6.30. The van der Waals surface area contributed by atoms with Crippen LogP contribution in [0, 0.1) is 0 Å². The number of para-hydroxylation sites is 1. The van der Waals surface area contributed by atoms with E-state index in [1.54, 1.807) is 21.3 Å². The van der Waals surface area contributed by atoms with Gasteiger partial charge in [0.05, 0.1) is 19.7 Å². The second-order valence-electron chi connectivity index (χ2n) is 5.57. The molecule has 0 unspecified atom stereocenters. The van der Waals surface area contributed by atoms with Crippen molar-refractivity contribution in [3.05, 3.63) is 53.6 Å². The van der Waals surface area contributed by atoms with E-state index < -0.39 is 0 Å². The molecular formula is C19H17N3O3. The number of nitrogens with one attached hydrogen (secondary N) is 1. The number of nitrogens with zero attached hydrogens (tertiary/aromatic N) is 2. The topological polar surface area (TPSA) is 65.0 Å². The summed E-state index contributed by atoms with van der Waals surface area (Å²) in [6.07, 6.45) is 0. The minimum atomic E-state index is 0.643. The molecule has 1 N–H and O–H groups in total. The van der Waals surface area contributed by atoms with E-state index in [1.165, 1.54) is 0 Å². The molecule has 0 fully saturated rings. The van der Waals surface area contributed by atoms with Crippen LogP contribution in [0.4, 0.5) is 5.82 Å². The number of hydrogen-bond donors (Lipinski definition) is 1. The average molecular weight is 335 g/mol. The van der Waals surface area contributed by atoms with Gasteiger partial charge in [-0.05, 0) is 29.8 Å². The first kappa shape index (κ1) is 15.4. The van der Waals surface area contributed by atoms with Crippen LogP contribution in [0.15, 0.2) is 47.6 Å². The highest BCUT2D eigenvalue weighted by atomic mass is 16.6. The normalized spacial score (nSPS) is 13.6. The predicted octanol–water partition coefficient (Wildman–Crippen LogP) is 3.60. The van der Waals surface area contributed by atoms with Crippen LogP contribution in [-0.2, 0) is 9.68 Å². The Bertz CT molecular complexity index is 999. The molecule has 6 heteroatoms. The molecule has 0 saturated heterocycles. The molecule has 126 valence electrons. The van der Waals surface area contributed by atoms with Crippen LogP contribution in [0.1, 0.15) is 11.1 Å². The third-order valence-electron chi connectivity index (χ3n) is 4.26. The van der Waals surface area contributed by atoms with Crippen LogP contribution < -0.4 is 10.2 Å². The van der Waals surface area contributed by atoms with Crippen LogP contribution in [0.2, 0.25) is 0 Å². The van der Waals surface area contributed by atoms with E-state index >= 15 is 0 Å². The smallest absolute Gasteiger partial charge is 0.159 e. The molecule has 1 heterocycles. The standard InChI is InChI=1S/C19H17N3O3/c1-23-11-8-9-12-14(10-11)18(21-24-2)16-13-6-4-5-7-15(13)20-19(17(12)16)22-25-3/h4-10H,1-3H3,(H,20,22)/b21-18-. The Balaban J connectivity index is 2.12. The van der Waals surface area contributed by atoms with Gasteiger partial charge in [-0.25, -0.2) is 10.5 Å². The molecule has 0 aliphatic heterocycles. The van der Waals surface area contributed by atoms with Gasteiger partial charge in [0.1, 0.15) is 18.6 Å². The molecular weight excluding hydrogens is 318 g/mol. The summed E-state index contributed by atoms with van der Waals surface area (Å²) in [5.41, 5.74) is 8.35. The Hall–Kier alpha value is -3.12. The Morgan fingerprint density at radius 2 is 1.80 bits per heavy atom. The second kappa shape index (κ2) is 6.07. The molecule has 0 radical (unpaired) electrons. The van der Waals surface area contributed by atoms with Gasteiger partial charge in [0.2, 0.25) is 0 Å². The predicted molar refractivity (Wildman–Crippen MR) is 97.0 cm³/mol. The number of pyridine rings is 1. The molecule has 6 nitrogen and oxygen atoms in total. The van der Waals surface area contributed by atoms with Crippen molar-refractivity contribution in [2.45, 2.75) is 0 Å². The monoisotopic (exact) mass is 335 g/mol. The van der Waals surface area contributed by atoms with Crippen molar-refractivity contribution in [2.24, 2.45) is 5.16 Å². The number of methoxy groups -OCH3 is 1. The van der Waals surface area contributed by atoms with E-state index in [0.717, 1.165) is 44.6 Å². The molecule has 0 bridgehead atoms. The average Bonchev–Trinajstić information content (AvgIpc) is 2.97. The summed E-state index contributed by atoms with van der Waals surface area (Å²) >= 11 is 0. The van der Waals surface area contributed by atoms with Gasteiger partial charge in [-0.1, -0.05) is 23.4 Å². The number of ether oxygens (including phenoxy) is 1. The van der Waals surface area contributed by atoms with Crippen molar-refractivity contribution in [3.63, 3.8) is 0 Å². The van der Waals surface area contributed by atoms with Crippen molar-refractivity contribution in [1.82, 2.24) is 4.98 Å². The van der Waals surface area contributed by atoms with E-state index in [0.29, 0.717) is 5.82 Å². The summed E-state index contributed by atoms with van der Waals surface area (Å²) in [4.78, 5) is 15.0. The molecule has 4 rings (SSSR count). The molecule has 1 aliphatic rings. The number of anilines is 1. The molecule has 1 aromatic heterocycles. The number of benzene rings is 2. The molecule has 2 aromatic carbocycles. The van der Waals surface area contributed by atoms with Gasteiger partial charge < -0.3 is 9.57 Å². The Kier molecular flexibility index (Phi) is 3.74. The summed E-state index contributed by atoms with van der Waals surface area (Å²) in [6, 6.07) is 13.8. The number of oxime groups is 1. The van der Waals surface area contributed by atoms with Gasteiger partial charge in [0.25, 0.3) is 0 Å². The number of hydrogen-bond acceptors (Lipinski definition) is 6. The minimum Gasteiger partial charge on any atom is -0.497 e. The molecule has 1 aliphatic carbocycles. The third-order valence-corrected chi connectivity index (χ3v) is 4.26. The third kappa shape index (κ3) is 2.30. The summed E-state index contributed by atoms with van der Waals surface area (Å²) in [5.74, 6) is 1.40. The molecule has 3 aromatic rings. The fourth-order valence-corrected chi connectivity index (χ4v) is 3.28. The van der Waals surface area contributed by atoms with Crippen molar-refractivity contribution >= 4 is 22.4 Å². The summed E-state index contributed by atoms with van der Waals surface area (Å²) < 4.78 is 5.38. The van der Waals surface area contributed by atoms with Crippen LogP contribution >= 0.6 is 0 Å². The fourth-order valence-electron chi connectivity index (χ4n) is 3.28. The highest BCUT2D eigenvalue weighted by Crippen LogP contribution is 2.45. The minimum absolute atomic E-state index is 0.643. The first-order valence-corrected chi connectivity index (χ1v) is 7.80. The second-order valence-corrected chi connectivity index (χ2v) is 5.57. The lowest BCUT2D eigenvalue weighted by Crippen LogP contribution is -2.04. The van der Waals surface area contributed by atoms with Crippen molar-refractivity contribution < 1.29 is 14.4 Å². The van der Waals surface area contributed by atoms with Gasteiger partial charge in [0, 0.05) is 22.1 Å². The van der Waals surface area contributed by atoms with Crippen LogP contribution in [0.3, 0.4) is 0 Å². The maximum atomic E-state index is 5.38. The van der Waals surface area contributed by atoms with E-state index in [1.807, 2.05) is 42.5 Å². The van der Waals surface area contributed by atoms with E-state index in [-0.39, 0.29) is 0 Å². The Labute approximate surface area is 145 Å². The lowest BCUT2D eigenvalue weighted by Gasteiger charge is -2.12. The quantitative estimate of drug-likeness (QED) is 0.577. The van der Waals surface area contributed by atoms with Crippen LogP contribution in [-0.4, -0.2) is 32.0 Å². The van der Waals surface area contributed by atoms with E-state index in [4.69, 9.17) is 19.4 Å². The van der Waals surface area contributed by atoms with E-state index in [2.05, 4.69) is 10.6 Å². The Morgan fingerprint density at radius 1 is 0.960 bits per heavy atom. The molecule has 0 atom stereocenters. The van der Waals surface area contributed by atoms with Crippen LogP contribution in [0.25, 0.3) is 22.0 Å². The first-order chi connectivity index (χ1) is 12.3. The van der Waals surface area contributed by atoms with Gasteiger partial charge >= 0.3 is 0 Å². The SMILES string of the molecule is CO/N=C1/c2cc(OC)ccc2-c2c(NOC)nc3ccccc3c21. The summed E-state index contributed by atoms with van der Waals surface area (Å²) in [7, 11) is 4.76. The van der Waals surface area contributed by atoms with Crippen molar-refractivity contribution in [3.8, 4) is 16.9 Å². The maximum absolute atomic E-state index is 5.38. The zero-order valence-corrected chi connectivity index (χ0v) is 14.2. The van der Waals surface area contributed by atoms with Crippen molar-refractivity contribution in [1.29, 1.82) is 0 Å². The van der Waals surface area contributed by atoms with Gasteiger partial charge in [0.15, 0.2) is 5.82 Å². The molecule has 25 heavy (non-hydrogen) atoms. The fraction of sp³-hybridized carbons (Fsp3) is 0.158. The summed E-state index contributed by atoms with van der Waals surface area (Å²) in [5, 5.41) is 5.30. The van der Waals surface area contributed by atoms with Gasteiger partial charge in [-0.15, -0.1) is 0 Å². The van der Waals surface area contributed by atoms with Gasteiger partial charge in [-0.2, -0.15) is 0 Å². The lowest BCUT2D eigenvalue weighted by atomic mass is 10.0. The number of fused-ring (bicyclic) bond motifs is 5. The number of aromatic nitrogens is 1. The van der Waals surface area contributed by atoms with E-state index in [9.17, 15) is 0 Å². The maximum Gasteiger partial charge on any atom is 0.159 e. The number of rotatable bonds is 4. The Morgan fingerprint density at radius 3 is 2.56 bits per heavy atom. The zero-order chi connectivity index (χ0) is 17.4. The highest BCUT2D eigenvalue weighted by Gasteiger charge is 2.31. The zero-order valence-electron chi connectivity index (χ0n) is 14.2. The summed E-state index contributed by atoms with van der Waals surface area (Å²) in [6.45, 7) is 0. The molecule has 0 saturated carbocycles. The van der Waals surface area contributed by atoms with Crippen molar-refractivity contribution in [2.75, 3.05) is 26.8 Å². The first-order valence-electron chi connectivity index (χ1n) is 7.80. The molecule has 0 amide bonds. The lowest BCUT2D eigenvalue weighted by molar-refractivity contribution is 0.214. The van der Waals surface area contributed by atoms with Gasteiger partial charge in [-0.3, -0.25) is 4.84 Å². The van der Waals surface area contributed by atoms with Crippen LogP contribution in [0.5, 0.6) is 5.75 Å².